The first kappa shape index (κ1) is 12.3. The third-order valence-corrected chi connectivity index (χ3v) is 3.12. The summed E-state index contributed by atoms with van der Waals surface area (Å²) in [6.45, 7) is 1.32. The summed E-state index contributed by atoms with van der Waals surface area (Å²) in [5.74, 6) is 0. The molecule has 0 unspecified atom stereocenters. The van der Waals surface area contributed by atoms with E-state index < -0.39 is 4.92 Å². The van der Waals surface area contributed by atoms with Crippen LogP contribution in [0.4, 0.5) is 11.4 Å². The van der Waals surface area contributed by atoms with Gasteiger partial charge in [-0.15, -0.1) is 0 Å². The zero-order chi connectivity index (χ0) is 13.1. The van der Waals surface area contributed by atoms with Crippen molar-refractivity contribution in [3.63, 3.8) is 0 Å². The van der Waals surface area contributed by atoms with Gasteiger partial charge < -0.3 is 10.0 Å². The van der Waals surface area contributed by atoms with Crippen LogP contribution in [0.1, 0.15) is 18.4 Å². The number of aliphatic hydroxyl groups is 1. The molecule has 18 heavy (non-hydrogen) atoms. The Hall–Kier alpha value is -2.13. The molecular formula is C12H13N3O3. The van der Waals surface area contributed by atoms with Gasteiger partial charge in [0.15, 0.2) is 0 Å². The van der Waals surface area contributed by atoms with Crippen LogP contribution in [0.25, 0.3) is 0 Å². The van der Waals surface area contributed by atoms with E-state index in [9.17, 15) is 15.2 Å². The Morgan fingerprint density at radius 3 is 2.67 bits per heavy atom. The number of non-ortho nitro benzene ring substituents is 1. The van der Waals surface area contributed by atoms with Crippen molar-refractivity contribution in [1.29, 1.82) is 5.26 Å². The van der Waals surface area contributed by atoms with Crippen molar-refractivity contribution in [3.05, 3.63) is 33.9 Å². The fourth-order valence-corrected chi connectivity index (χ4v) is 2.11. The zero-order valence-electron chi connectivity index (χ0n) is 9.74. The summed E-state index contributed by atoms with van der Waals surface area (Å²) in [7, 11) is 0. The van der Waals surface area contributed by atoms with Gasteiger partial charge in [-0.05, 0) is 18.9 Å². The van der Waals surface area contributed by atoms with Crippen LogP contribution in [0.15, 0.2) is 18.2 Å². The SMILES string of the molecule is N#Cc1cc([N+](=O)[O-])ccc1N1CCC(O)CC1. The zero-order valence-corrected chi connectivity index (χ0v) is 9.74. The summed E-state index contributed by atoms with van der Waals surface area (Å²) in [6, 6.07) is 6.29. The molecule has 0 bridgehead atoms. The van der Waals surface area contributed by atoms with Crippen molar-refractivity contribution < 1.29 is 10.0 Å². The Morgan fingerprint density at radius 1 is 1.44 bits per heavy atom. The highest BCUT2D eigenvalue weighted by atomic mass is 16.6. The van der Waals surface area contributed by atoms with Crippen LogP contribution in [0.5, 0.6) is 0 Å². The quantitative estimate of drug-likeness (QED) is 0.630. The van der Waals surface area contributed by atoms with Crippen molar-refractivity contribution in [2.75, 3.05) is 18.0 Å². The molecule has 94 valence electrons. The highest BCUT2D eigenvalue weighted by Gasteiger charge is 2.20. The molecule has 1 saturated heterocycles. The van der Waals surface area contributed by atoms with Crippen LogP contribution >= 0.6 is 0 Å². The van der Waals surface area contributed by atoms with Gasteiger partial charge in [0.05, 0.1) is 22.3 Å². The summed E-state index contributed by atoms with van der Waals surface area (Å²) in [6.07, 6.45) is 1.02. The largest absolute Gasteiger partial charge is 0.393 e. The summed E-state index contributed by atoms with van der Waals surface area (Å²) < 4.78 is 0. The predicted molar refractivity (Wildman–Crippen MR) is 65.3 cm³/mol. The van der Waals surface area contributed by atoms with E-state index in [1.807, 2.05) is 11.0 Å². The van der Waals surface area contributed by atoms with Crippen LogP contribution < -0.4 is 4.90 Å². The fourth-order valence-electron chi connectivity index (χ4n) is 2.11. The first-order chi connectivity index (χ1) is 8.61. The first-order valence-electron chi connectivity index (χ1n) is 5.73. The van der Waals surface area contributed by atoms with Crippen molar-refractivity contribution in [1.82, 2.24) is 0 Å². The van der Waals surface area contributed by atoms with Crippen molar-refractivity contribution in [2.24, 2.45) is 0 Å². The van der Waals surface area contributed by atoms with Crippen molar-refractivity contribution in [3.8, 4) is 6.07 Å². The summed E-state index contributed by atoms with van der Waals surface area (Å²) in [5.41, 5.74) is 0.933. The maximum atomic E-state index is 10.6. The molecule has 0 aliphatic carbocycles. The second kappa shape index (κ2) is 5.02. The van der Waals surface area contributed by atoms with Crippen LogP contribution in [-0.4, -0.2) is 29.2 Å². The molecule has 6 nitrogen and oxygen atoms in total. The number of rotatable bonds is 2. The first-order valence-corrected chi connectivity index (χ1v) is 5.73. The number of hydrogen-bond acceptors (Lipinski definition) is 5. The van der Waals surface area contributed by atoms with Gasteiger partial charge in [-0.2, -0.15) is 5.26 Å². The number of anilines is 1. The molecule has 0 radical (unpaired) electrons. The Morgan fingerprint density at radius 2 is 2.11 bits per heavy atom. The summed E-state index contributed by atoms with van der Waals surface area (Å²) in [5, 5.41) is 29.1. The van der Waals surface area contributed by atoms with Gasteiger partial charge >= 0.3 is 0 Å². The number of hydrogen-bond donors (Lipinski definition) is 1. The number of nitrogens with zero attached hydrogens (tertiary/aromatic N) is 3. The molecule has 1 aromatic carbocycles. The van der Waals surface area contributed by atoms with Gasteiger partial charge in [-0.3, -0.25) is 10.1 Å². The van der Waals surface area contributed by atoms with Gasteiger partial charge in [-0.25, -0.2) is 0 Å². The lowest BCUT2D eigenvalue weighted by Crippen LogP contribution is -2.36. The average molecular weight is 247 g/mol. The third kappa shape index (κ3) is 2.41. The topological polar surface area (TPSA) is 90.4 Å². The number of benzene rings is 1. The van der Waals surface area contributed by atoms with E-state index in [0.717, 1.165) is 0 Å². The maximum absolute atomic E-state index is 10.6. The summed E-state index contributed by atoms with van der Waals surface area (Å²) >= 11 is 0. The minimum absolute atomic E-state index is 0.0765. The Bertz CT molecular complexity index is 502. The van der Waals surface area contributed by atoms with E-state index in [1.165, 1.54) is 12.1 Å². The monoisotopic (exact) mass is 247 g/mol. The standard InChI is InChI=1S/C12H13N3O3/c13-8-9-7-10(15(17)18)1-2-12(9)14-5-3-11(16)4-6-14/h1-2,7,11,16H,3-6H2. The molecule has 1 aliphatic rings. The molecule has 0 spiro atoms. The fraction of sp³-hybridized carbons (Fsp3) is 0.417. The molecule has 6 heteroatoms. The minimum atomic E-state index is -0.509. The highest BCUT2D eigenvalue weighted by Crippen LogP contribution is 2.27. The molecule has 1 aliphatic heterocycles. The minimum Gasteiger partial charge on any atom is -0.393 e. The Kier molecular flexibility index (Phi) is 3.44. The number of aliphatic hydroxyl groups excluding tert-OH is 1. The van der Waals surface area contributed by atoms with Crippen LogP contribution in [0.3, 0.4) is 0 Å². The number of nitro groups is 1. The Balaban J connectivity index is 2.28. The lowest BCUT2D eigenvalue weighted by Gasteiger charge is -2.31. The molecule has 1 heterocycles. The predicted octanol–water partition coefficient (Wildman–Crippen LogP) is 1.43. The average Bonchev–Trinajstić information content (AvgIpc) is 2.39. The lowest BCUT2D eigenvalue weighted by molar-refractivity contribution is -0.384. The van der Waals surface area contributed by atoms with Crippen LogP contribution in [-0.2, 0) is 0 Å². The Labute approximate surface area is 104 Å². The molecule has 1 N–H and O–H groups in total. The maximum Gasteiger partial charge on any atom is 0.270 e. The van der Waals surface area contributed by atoms with E-state index in [0.29, 0.717) is 37.2 Å². The molecule has 1 aromatic rings. The number of piperidine rings is 1. The van der Waals surface area contributed by atoms with E-state index >= 15 is 0 Å². The second-order valence-electron chi connectivity index (χ2n) is 4.29. The lowest BCUT2D eigenvalue weighted by atomic mass is 10.1. The van der Waals surface area contributed by atoms with Gasteiger partial charge in [-0.1, -0.05) is 0 Å². The summed E-state index contributed by atoms with van der Waals surface area (Å²) in [4.78, 5) is 12.1. The highest BCUT2D eigenvalue weighted by molar-refractivity contribution is 5.63. The van der Waals surface area contributed by atoms with Gasteiger partial charge in [0, 0.05) is 25.2 Å². The number of nitro benzene ring substituents is 1. The smallest absolute Gasteiger partial charge is 0.270 e. The number of nitriles is 1. The molecule has 0 amide bonds. The second-order valence-corrected chi connectivity index (χ2v) is 4.29. The van der Waals surface area contributed by atoms with Gasteiger partial charge in [0.2, 0.25) is 0 Å². The molecule has 0 saturated carbocycles. The van der Waals surface area contributed by atoms with Crippen molar-refractivity contribution in [2.45, 2.75) is 18.9 Å². The van der Waals surface area contributed by atoms with Gasteiger partial charge in [0.1, 0.15) is 6.07 Å². The van der Waals surface area contributed by atoms with E-state index in [2.05, 4.69) is 0 Å². The molecule has 1 fully saturated rings. The van der Waals surface area contributed by atoms with Crippen LogP contribution in [0.2, 0.25) is 0 Å². The van der Waals surface area contributed by atoms with E-state index in [-0.39, 0.29) is 11.8 Å². The molecule has 0 atom stereocenters. The van der Waals surface area contributed by atoms with Crippen LogP contribution in [0, 0.1) is 21.4 Å². The van der Waals surface area contributed by atoms with E-state index in [4.69, 9.17) is 5.26 Å². The third-order valence-electron chi connectivity index (χ3n) is 3.12. The molecule has 2 rings (SSSR count). The molecule has 0 aromatic heterocycles. The van der Waals surface area contributed by atoms with Crippen molar-refractivity contribution >= 4 is 11.4 Å². The van der Waals surface area contributed by atoms with E-state index in [1.54, 1.807) is 6.07 Å². The molecular weight excluding hydrogens is 234 g/mol. The normalized spacial score (nSPS) is 16.3. The van der Waals surface area contributed by atoms with Gasteiger partial charge in [0.25, 0.3) is 5.69 Å².